The zero-order chi connectivity index (χ0) is 17.6. The fourth-order valence-corrected chi connectivity index (χ4v) is 3.61. The molecule has 0 bridgehead atoms. The highest BCUT2D eigenvalue weighted by Crippen LogP contribution is 2.26. The fourth-order valence-electron chi connectivity index (χ4n) is 3.61. The van der Waals surface area contributed by atoms with Crippen LogP contribution in [0, 0.1) is 0 Å². The molecule has 2 aromatic carbocycles. The molecule has 1 saturated heterocycles. The monoisotopic (exact) mass is 339 g/mol. The number of likely N-dealkylation sites (N-methyl/N-ethyl adjacent to an activating group) is 1. The summed E-state index contributed by atoms with van der Waals surface area (Å²) in [6, 6.07) is 19.4. The average Bonchev–Trinajstić information content (AvgIpc) is 2.64. The first-order chi connectivity index (χ1) is 12.2. The van der Waals surface area contributed by atoms with Crippen molar-refractivity contribution in [1.29, 1.82) is 0 Å². The average molecular weight is 339 g/mol. The minimum absolute atomic E-state index is 0.270. The van der Waals surface area contributed by atoms with Gasteiger partial charge in [0.25, 0.3) is 0 Å². The van der Waals surface area contributed by atoms with Crippen LogP contribution in [-0.4, -0.2) is 49.1 Å². The van der Waals surface area contributed by atoms with E-state index in [2.05, 4.69) is 60.2 Å². The second-order valence-electron chi connectivity index (χ2n) is 6.94. The Morgan fingerprint density at radius 2 is 1.80 bits per heavy atom. The molecule has 2 N–H and O–H groups in total. The Morgan fingerprint density at radius 1 is 1.08 bits per heavy atom. The van der Waals surface area contributed by atoms with Gasteiger partial charge in [-0.25, -0.2) is 0 Å². The number of hydrogen-bond acceptors (Lipinski definition) is 4. The lowest BCUT2D eigenvalue weighted by molar-refractivity contribution is 0.0635. The first-order valence-corrected chi connectivity index (χ1v) is 9.08. The standard InChI is InChI=1S/C21H29N3O/c1-17-15-23(2)12-13-24(17)21(14-22)19-8-10-20(11-9-19)25-16-18-6-4-3-5-7-18/h3-11,17,21H,12-16,22H2,1-2H3. The number of hydrogen-bond donors (Lipinski definition) is 1. The van der Waals surface area contributed by atoms with Gasteiger partial charge in [-0.15, -0.1) is 0 Å². The number of piperazine rings is 1. The van der Waals surface area contributed by atoms with E-state index >= 15 is 0 Å². The van der Waals surface area contributed by atoms with Crippen LogP contribution in [0.4, 0.5) is 0 Å². The van der Waals surface area contributed by atoms with E-state index in [9.17, 15) is 0 Å². The Hall–Kier alpha value is -1.88. The van der Waals surface area contributed by atoms with Crippen molar-refractivity contribution in [2.24, 2.45) is 5.73 Å². The molecular formula is C21H29N3O. The summed E-state index contributed by atoms with van der Waals surface area (Å²) in [5.41, 5.74) is 8.57. The third-order valence-corrected chi connectivity index (χ3v) is 5.02. The van der Waals surface area contributed by atoms with Crippen LogP contribution in [0.15, 0.2) is 54.6 Å². The van der Waals surface area contributed by atoms with Crippen molar-refractivity contribution in [2.45, 2.75) is 25.6 Å². The van der Waals surface area contributed by atoms with Gasteiger partial charge in [0.1, 0.15) is 12.4 Å². The Morgan fingerprint density at radius 3 is 2.44 bits per heavy atom. The number of nitrogens with zero attached hydrogens (tertiary/aromatic N) is 2. The lowest BCUT2D eigenvalue weighted by atomic mass is 10.0. The zero-order valence-corrected chi connectivity index (χ0v) is 15.3. The van der Waals surface area contributed by atoms with Crippen LogP contribution in [0.2, 0.25) is 0 Å². The molecule has 1 heterocycles. The van der Waals surface area contributed by atoms with Crippen LogP contribution >= 0.6 is 0 Å². The maximum absolute atomic E-state index is 6.12. The number of rotatable bonds is 6. The van der Waals surface area contributed by atoms with Crippen molar-refractivity contribution < 1.29 is 4.74 Å². The summed E-state index contributed by atoms with van der Waals surface area (Å²) in [5.74, 6) is 0.898. The summed E-state index contributed by atoms with van der Waals surface area (Å²) < 4.78 is 5.89. The number of ether oxygens (including phenoxy) is 1. The molecule has 25 heavy (non-hydrogen) atoms. The molecule has 0 amide bonds. The van der Waals surface area contributed by atoms with E-state index in [0.29, 0.717) is 19.2 Å². The van der Waals surface area contributed by atoms with Crippen molar-refractivity contribution in [2.75, 3.05) is 33.2 Å². The molecule has 1 fully saturated rings. The molecule has 0 aliphatic carbocycles. The van der Waals surface area contributed by atoms with Crippen LogP contribution < -0.4 is 10.5 Å². The Labute approximate surface area is 151 Å². The second kappa shape index (κ2) is 8.48. The minimum Gasteiger partial charge on any atom is -0.489 e. The van der Waals surface area contributed by atoms with E-state index in [1.807, 2.05) is 18.2 Å². The predicted molar refractivity (Wildman–Crippen MR) is 103 cm³/mol. The van der Waals surface area contributed by atoms with Crippen molar-refractivity contribution >= 4 is 0 Å². The molecular weight excluding hydrogens is 310 g/mol. The van der Waals surface area contributed by atoms with Gasteiger partial charge in [-0.3, -0.25) is 4.90 Å². The van der Waals surface area contributed by atoms with Gasteiger partial charge in [0.15, 0.2) is 0 Å². The quantitative estimate of drug-likeness (QED) is 0.879. The fraction of sp³-hybridized carbons (Fsp3) is 0.429. The van der Waals surface area contributed by atoms with E-state index in [4.69, 9.17) is 10.5 Å². The Balaban J connectivity index is 1.63. The highest BCUT2D eigenvalue weighted by Gasteiger charge is 2.28. The summed E-state index contributed by atoms with van der Waals surface area (Å²) >= 11 is 0. The highest BCUT2D eigenvalue weighted by molar-refractivity contribution is 5.30. The van der Waals surface area contributed by atoms with Crippen LogP contribution in [0.25, 0.3) is 0 Å². The van der Waals surface area contributed by atoms with E-state index in [-0.39, 0.29) is 6.04 Å². The summed E-state index contributed by atoms with van der Waals surface area (Å²) in [4.78, 5) is 4.91. The molecule has 2 atom stereocenters. The van der Waals surface area contributed by atoms with E-state index in [0.717, 1.165) is 25.4 Å². The van der Waals surface area contributed by atoms with Gasteiger partial charge in [-0.1, -0.05) is 42.5 Å². The Kier molecular flexibility index (Phi) is 6.08. The van der Waals surface area contributed by atoms with Gasteiger partial charge in [-0.2, -0.15) is 0 Å². The molecule has 0 saturated carbocycles. The summed E-state index contributed by atoms with van der Waals surface area (Å²) in [5, 5.41) is 0. The van der Waals surface area contributed by atoms with E-state index in [1.54, 1.807) is 0 Å². The predicted octanol–water partition coefficient (Wildman–Crippen LogP) is 2.90. The van der Waals surface area contributed by atoms with Gasteiger partial charge in [-0.05, 0) is 37.2 Å². The van der Waals surface area contributed by atoms with Crippen LogP contribution in [0.5, 0.6) is 5.75 Å². The van der Waals surface area contributed by atoms with Gasteiger partial charge in [0.05, 0.1) is 0 Å². The number of nitrogens with two attached hydrogens (primary N) is 1. The highest BCUT2D eigenvalue weighted by atomic mass is 16.5. The minimum atomic E-state index is 0.270. The summed E-state index contributed by atoms with van der Waals surface area (Å²) in [6.07, 6.45) is 0. The third-order valence-electron chi connectivity index (χ3n) is 5.02. The molecule has 134 valence electrons. The number of benzene rings is 2. The largest absolute Gasteiger partial charge is 0.489 e. The molecule has 1 aliphatic rings. The van der Waals surface area contributed by atoms with E-state index in [1.165, 1.54) is 11.1 Å². The molecule has 4 heteroatoms. The van der Waals surface area contributed by atoms with Crippen molar-refractivity contribution in [1.82, 2.24) is 9.80 Å². The maximum Gasteiger partial charge on any atom is 0.119 e. The summed E-state index contributed by atoms with van der Waals surface area (Å²) in [6.45, 7) is 6.77. The topological polar surface area (TPSA) is 41.7 Å². The first-order valence-electron chi connectivity index (χ1n) is 9.08. The van der Waals surface area contributed by atoms with Crippen LogP contribution in [0.3, 0.4) is 0 Å². The van der Waals surface area contributed by atoms with Gasteiger partial charge < -0.3 is 15.4 Å². The van der Waals surface area contributed by atoms with Crippen LogP contribution in [0.1, 0.15) is 24.1 Å². The van der Waals surface area contributed by atoms with Crippen molar-refractivity contribution in [3.05, 3.63) is 65.7 Å². The smallest absolute Gasteiger partial charge is 0.119 e. The maximum atomic E-state index is 6.12. The van der Waals surface area contributed by atoms with Gasteiger partial charge in [0.2, 0.25) is 0 Å². The molecule has 3 rings (SSSR count). The lowest BCUT2D eigenvalue weighted by Crippen LogP contribution is -2.52. The Bertz CT molecular complexity index is 644. The molecule has 4 nitrogen and oxygen atoms in total. The second-order valence-corrected chi connectivity index (χ2v) is 6.94. The third kappa shape index (κ3) is 4.60. The molecule has 2 unspecified atom stereocenters. The molecule has 0 spiro atoms. The van der Waals surface area contributed by atoms with Gasteiger partial charge in [0, 0.05) is 38.3 Å². The zero-order valence-electron chi connectivity index (χ0n) is 15.3. The SMILES string of the molecule is CC1CN(C)CCN1C(CN)c1ccc(OCc2ccccc2)cc1. The molecule has 1 aliphatic heterocycles. The first kappa shape index (κ1) is 17.9. The van der Waals surface area contributed by atoms with Crippen LogP contribution in [-0.2, 0) is 6.61 Å². The van der Waals surface area contributed by atoms with Crippen molar-refractivity contribution in [3.8, 4) is 5.75 Å². The van der Waals surface area contributed by atoms with Crippen molar-refractivity contribution in [3.63, 3.8) is 0 Å². The summed E-state index contributed by atoms with van der Waals surface area (Å²) in [7, 11) is 2.18. The van der Waals surface area contributed by atoms with Gasteiger partial charge >= 0.3 is 0 Å². The molecule has 0 radical (unpaired) electrons. The molecule has 2 aromatic rings. The lowest BCUT2D eigenvalue weighted by Gasteiger charge is -2.42. The normalized spacial score (nSPS) is 20.4. The molecule has 0 aromatic heterocycles. The van der Waals surface area contributed by atoms with E-state index < -0.39 is 0 Å².